The van der Waals surface area contributed by atoms with E-state index in [1.807, 2.05) is 6.07 Å². The minimum atomic E-state index is -3.79. The number of hydrogen-bond donors (Lipinski definition) is 1. The van der Waals surface area contributed by atoms with E-state index in [-0.39, 0.29) is 6.61 Å². The van der Waals surface area contributed by atoms with Gasteiger partial charge < -0.3 is 4.74 Å². The number of nitrogens with one attached hydrogen (secondary N) is 1. The summed E-state index contributed by atoms with van der Waals surface area (Å²) in [5.41, 5.74) is 1.37. The van der Waals surface area contributed by atoms with Gasteiger partial charge in [0.2, 0.25) is 10.0 Å². The third kappa shape index (κ3) is 6.46. The second kappa shape index (κ2) is 9.19. The first-order valence-electron chi connectivity index (χ1n) is 7.63. The number of carbonyl (C=O) groups excluding carboxylic acids is 1. The van der Waals surface area contributed by atoms with Crippen LogP contribution in [-0.2, 0) is 26.2 Å². The first-order chi connectivity index (χ1) is 12.3. The third-order valence-corrected chi connectivity index (χ3v) is 5.21. The van der Waals surface area contributed by atoms with Crippen molar-refractivity contribution in [2.45, 2.75) is 19.6 Å². The van der Waals surface area contributed by atoms with Gasteiger partial charge in [-0.2, -0.15) is 4.72 Å². The maximum Gasteiger partial charge on any atom is 0.324 e. The standard InChI is InChI=1S/C18H17Cl2NO4S/c1-13(18(22)25-12-15-7-8-16(19)17(20)11-15)21-26(23,24)10-9-14-5-3-2-4-6-14/h2-11,13,21H,12H2,1H3/b10-9+/t13-/m0/s1. The van der Waals surface area contributed by atoms with Gasteiger partial charge in [0.15, 0.2) is 0 Å². The zero-order chi connectivity index (χ0) is 19.2. The molecule has 0 fully saturated rings. The van der Waals surface area contributed by atoms with Gasteiger partial charge >= 0.3 is 5.97 Å². The normalized spacial score (nSPS) is 12.9. The molecular formula is C18H17Cl2NO4S. The van der Waals surface area contributed by atoms with Crippen LogP contribution in [0.4, 0.5) is 0 Å². The number of carbonyl (C=O) groups is 1. The van der Waals surface area contributed by atoms with Crippen molar-refractivity contribution in [2.75, 3.05) is 0 Å². The molecule has 0 aliphatic carbocycles. The van der Waals surface area contributed by atoms with E-state index < -0.39 is 22.0 Å². The Bertz CT molecular complexity index is 899. The van der Waals surface area contributed by atoms with Crippen LogP contribution in [0.5, 0.6) is 0 Å². The fourth-order valence-electron chi connectivity index (χ4n) is 1.97. The van der Waals surface area contributed by atoms with Crippen LogP contribution in [0.3, 0.4) is 0 Å². The molecule has 0 unspecified atom stereocenters. The van der Waals surface area contributed by atoms with Crippen LogP contribution >= 0.6 is 23.2 Å². The van der Waals surface area contributed by atoms with Crippen LogP contribution in [0.15, 0.2) is 53.9 Å². The van der Waals surface area contributed by atoms with Crippen molar-refractivity contribution in [1.82, 2.24) is 4.72 Å². The van der Waals surface area contributed by atoms with Crippen LogP contribution in [0, 0.1) is 0 Å². The lowest BCUT2D eigenvalue weighted by Crippen LogP contribution is -2.38. The molecule has 0 aliphatic rings. The highest BCUT2D eigenvalue weighted by molar-refractivity contribution is 7.92. The van der Waals surface area contributed by atoms with Crippen molar-refractivity contribution in [3.8, 4) is 0 Å². The lowest BCUT2D eigenvalue weighted by molar-refractivity contribution is -0.146. The molecule has 2 aromatic rings. The Kier molecular flexibility index (Phi) is 7.23. The number of sulfonamides is 1. The number of ether oxygens (including phenoxy) is 1. The zero-order valence-corrected chi connectivity index (χ0v) is 16.2. The Morgan fingerprint density at radius 2 is 1.85 bits per heavy atom. The highest BCUT2D eigenvalue weighted by atomic mass is 35.5. The lowest BCUT2D eigenvalue weighted by Gasteiger charge is -2.12. The lowest BCUT2D eigenvalue weighted by atomic mass is 10.2. The minimum absolute atomic E-state index is 0.0400. The second-order valence-electron chi connectivity index (χ2n) is 5.45. The van der Waals surface area contributed by atoms with Crippen molar-refractivity contribution in [1.29, 1.82) is 0 Å². The van der Waals surface area contributed by atoms with Gasteiger partial charge in [-0.05, 0) is 36.3 Å². The van der Waals surface area contributed by atoms with E-state index in [0.29, 0.717) is 15.6 Å². The van der Waals surface area contributed by atoms with Crippen LogP contribution in [-0.4, -0.2) is 20.4 Å². The molecule has 26 heavy (non-hydrogen) atoms. The van der Waals surface area contributed by atoms with Crippen LogP contribution < -0.4 is 4.72 Å². The Morgan fingerprint density at radius 1 is 1.15 bits per heavy atom. The van der Waals surface area contributed by atoms with E-state index in [0.717, 1.165) is 11.0 Å². The molecule has 2 aromatic carbocycles. The minimum Gasteiger partial charge on any atom is -0.460 e. The van der Waals surface area contributed by atoms with E-state index in [1.165, 1.54) is 13.0 Å². The Labute approximate surface area is 162 Å². The Balaban J connectivity index is 1.91. The van der Waals surface area contributed by atoms with Gasteiger partial charge in [-0.15, -0.1) is 0 Å². The van der Waals surface area contributed by atoms with E-state index in [2.05, 4.69) is 4.72 Å². The van der Waals surface area contributed by atoms with Gasteiger partial charge in [0, 0.05) is 5.41 Å². The van der Waals surface area contributed by atoms with Gasteiger partial charge in [0.1, 0.15) is 12.6 Å². The molecule has 0 saturated heterocycles. The summed E-state index contributed by atoms with van der Waals surface area (Å²) in [5.74, 6) is -0.701. The molecule has 5 nitrogen and oxygen atoms in total. The molecule has 0 aromatic heterocycles. The SMILES string of the molecule is C[C@H](NS(=O)(=O)/C=C/c1ccccc1)C(=O)OCc1ccc(Cl)c(Cl)c1. The van der Waals surface area contributed by atoms with E-state index in [1.54, 1.807) is 42.5 Å². The number of benzene rings is 2. The molecule has 2 rings (SSSR count). The molecule has 1 atom stereocenters. The van der Waals surface area contributed by atoms with E-state index in [9.17, 15) is 13.2 Å². The summed E-state index contributed by atoms with van der Waals surface area (Å²) in [7, 11) is -3.79. The number of esters is 1. The summed E-state index contributed by atoms with van der Waals surface area (Å²) < 4.78 is 31.4. The Hall–Kier alpha value is -1.86. The summed E-state index contributed by atoms with van der Waals surface area (Å²) in [6.07, 6.45) is 1.44. The summed E-state index contributed by atoms with van der Waals surface area (Å²) in [6, 6.07) is 12.7. The van der Waals surface area contributed by atoms with E-state index in [4.69, 9.17) is 27.9 Å². The molecule has 1 N–H and O–H groups in total. The highest BCUT2D eigenvalue weighted by Gasteiger charge is 2.19. The average molecular weight is 414 g/mol. The molecular weight excluding hydrogens is 397 g/mol. The molecule has 0 heterocycles. The monoisotopic (exact) mass is 413 g/mol. The summed E-state index contributed by atoms with van der Waals surface area (Å²) >= 11 is 11.7. The van der Waals surface area contributed by atoms with Crippen molar-refractivity contribution >= 4 is 45.3 Å². The molecule has 0 bridgehead atoms. The van der Waals surface area contributed by atoms with Crippen molar-refractivity contribution < 1.29 is 17.9 Å². The van der Waals surface area contributed by atoms with Crippen LogP contribution in [0.2, 0.25) is 10.0 Å². The zero-order valence-electron chi connectivity index (χ0n) is 13.9. The Morgan fingerprint density at radius 3 is 2.50 bits per heavy atom. The molecule has 0 saturated carbocycles. The second-order valence-corrected chi connectivity index (χ2v) is 7.87. The first-order valence-corrected chi connectivity index (χ1v) is 9.93. The maximum absolute atomic E-state index is 12.0. The maximum atomic E-state index is 12.0. The highest BCUT2D eigenvalue weighted by Crippen LogP contribution is 2.22. The molecule has 0 radical (unpaired) electrons. The molecule has 8 heteroatoms. The van der Waals surface area contributed by atoms with Crippen LogP contribution in [0.25, 0.3) is 6.08 Å². The fourth-order valence-corrected chi connectivity index (χ4v) is 3.30. The quantitative estimate of drug-likeness (QED) is 0.695. The van der Waals surface area contributed by atoms with E-state index >= 15 is 0 Å². The predicted octanol–water partition coefficient (Wildman–Crippen LogP) is 4.02. The fraction of sp³-hybridized carbons (Fsp3) is 0.167. The number of halogens is 2. The molecule has 0 spiro atoms. The van der Waals surface area contributed by atoms with Crippen molar-refractivity contribution in [2.24, 2.45) is 0 Å². The molecule has 0 amide bonds. The summed E-state index contributed by atoms with van der Waals surface area (Å²) in [5, 5.41) is 1.75. The van der Waals surface area contributed by atoms with Crippen molar-refractivity contribution in [3.63, 3.8) is 0 Å². The number of rotatable bonds is 7. The summed E-state index contributed by atoms with van der Waals surface area (Å²) in [6.45, 7) is 1.37. The molecule has 138 valence electrons. The van der Waals surface area contributed by atoms with Gasteiger partial charge in [-0.3, -0.25) is 4.79 Å². The van der Waals surface area contributed by atoms with Crippen molar-refractivity contribution in [3.05, 3.63) is 75.1 Å². The first kappa shape index (κ1) is 20.5. The largest absolute Gasteiger partial charge is 0.460 e. The average Bonchev–Trinajstić information content (AvgIpc) is 2.61. The predicted molar refractivity (Wildman–Crippen MR) is 103 cm³/mol. The van der Waals surface area contributed by atoms with Gasteiger partial charge in [0.25, 0.3) is 0 Å². The summed E-state index contributed by atoms with van der Waals surface area (Å²) in [4.78, 5) is 12.0. The van der Waals surface area contributed by atoms with Crippen LogP contribution in [0.1, 0.15) is 18.1 Å². The topological polar surface area (TPSA) is 72.5 Å². The van der Waals surface area contributed by atoms with Gasteiger partial charge in [0.05, 0.1) is 10.0 Å². The third-order valence-electron chi connectivity index (χ3n) is 3.30. The smallest absolute Gasteiger partial charge is 0.324 e. The van der Waals surface area contributed by atoms with Gasteiger partial charge in [-0.1, -0.05) is 59.6 Å². The number of hydrogen-bond acceptors (Lipinski definition) is 4. The molecule has 0 aliphatic heterocycles. The van der Waals surface area contributed by atoms with Gasteiger partial charge in [-0.25, -0.2) is 8.42 Å².